The minimum absolute atomic E-state index is 0. The normalized spacial score (nSPS) is 20.5. The zero-order valence-electron chi connectivity index (χ0n) is 18.3. The Morgan fingerprint density at radius 1 is 1.06 bits per heavy atom. The van der Waals surface area contributed by atoms with Gasteiger partial charge in [0.25, 0.3) is 5.91 Å². The average Bonchev–Trinajstić information content (AvgIpc) is 2.99. The second kappa shape index (κ2) is 11.6. The van der Waals surface area contributed by atoms with Gasteiger partial charge in [-0.05, 0) is 31.4 Å². The molecule has 1 saturated carbocycles. The van der Waals surface area contributed by atoms with E-state index < -0.39 is 15.8 Å². The third-order valence-corrected chi connectivity index (χ3v) is 8.57. The van der Waals surface area contributed by atoms with E-state index >= 15 is 0 Å². The van der Waals surface area contributed by atoms with E-state index in [1.807, 2.05) is 6.92 Å². The summed E-state index contributed by atoms with van der Waals surface area (Å²) in [4.78, 5) is 15.0. The Hall–Kier alpha value is -1.22. The van der Waals surface area contributed by atoms with Crippen molar-refractivity contribution in [2.75, 3.05) is 38.5 Å². The van der Waals surface area contributed by atoms with Crippen LogP contribution >= 0.6 is 12.4 Å². The van der Waals surface area contributed by atoms with Gasteiger partial charge in [0.2, 0.25) is 10.0 Å². The number of piperazine rings is 1. The van der Waals surface area contributed by atoms with Crippen molar-refractivity contribution in [2.24, 2.45) is 0 Å². The highest BCUT2D eigenvalue weighted by molar-refractivity contribution is 7.89. The lowest BCUT2D eigenvalue weighted by molar-refractivity contribution is 0.0391. The smallest absolute Gasteiger partial charge is 0.254 e. The van der Waals surface area contributed by atoms with Gasteiger partial charge in [0.15, 0.2) is 0 Å². The maximum absolute atomic E-state index is 14.0. The van der Waals surface area contributed by atoms with Crippen molar-refractivity contribution in [2.45, 2.75) is 57.4 Å². The maximum Gasteiger partial charge on any atom is 0.254 e. The first kappa shape index (κ1) is 26.0. The average molecular weight is 476 g/mol. The van der Waals surface area contributed by atoms with E-state index in [4.69, 9.17) is 0 Å². The number of carbonyl (C=O) groups is 1. The summed E-state index contributed by atoms with van der Waals surface area (Å²) in [6, 6.07) is 6.04. The van der Waals surface area contributed by atoms with E-state index in [1.54, 1.807) is 16.4 Å². The van der Waals surface area contributed by atoms with Crippen molar-refractivity contribution in [1.82, 2.24) is 14.5 Å². The van der Waals surface area contributed by atoms with Gasteiger partial charge in [-0.2, -0.15) is 4.31 Å². The van der Waals surface area contributed by atoms with Gasteiger partial charge >= 0.3 is 0 Å². The molecule has 0 radical (unpaired) electrons. The van der Waals surface area contributed by atoms with Crippen LogP contribution in [0.3, 0.4) is 0 Å². The summed E-state index contributed by atoms with van der Waals surface area (Å²) in [5.41, 5.74) is -0.130. The van der Waals surface area contributed by atoms with E-state index in [2.05, 4.69) is 10.2 Å². The van der Waals surface area contributed by atoms with E-state index in [0.29, 0.717) is 39.1 Å². The predicted molar refractivity (Wildman–Crippen MR) is 124 cm³/mol. The van der Waals surface area contributed by atoms with Crippen LogP contribution in [0.5, 0.6) is 0 Å². The highest BCUT2D eigenvalue weighted by Crippen LogP contribution is 2.33. The first-order valence-corrected chi connectivity index (χ1v) is 12.7. The van der Waals surface area contributed by atoms with Crippen LogP contribution in [0, 0.1) is 5.82 Å². The molecule has 0 bridgehead atoms. The second-order valence-corrected chi connectivity index (χ2v) is 10.6. The van der Waals surface area contributed by atoms with Gasteiger partial charge < -0.3 is 5.32 Å². The van der Waals surface area contributed by atoms with Crippen molar-refractivity contribution >= 4 is 28.3 Å². The van der Waals surface area contributed by atoms with Gasteiger partial charge in [-0.25, -0.2) is 12.8 Å². The summed E-state index contributed by atoms with van der Waals surface area (Å²) in [5.74, 6) is -0.711. The van der Waals surface area contributed by atoms with E-state index in [-0.39, 0.29) is 35.2 Å². The molecule has 1 aromatic rings. The van der Waals surface area contributed by atoms with Gasteiger partial charge in [-0.3, -0.25) is 9.69 Å². The molecule has 0 spiro atoms. The first-order chi connectivity index (χ1) is 14.4. The Morgan fingerprint density at radius 3 is 2.26 bits per heavy atom. The quantitative estimate of drug-likeness (QED) is 0.613. The van der Waals surface area contributed by atoms with Crippen molar-refractivity contribution in [3.8, 4) is 0 Å². The molecule has 0 unspecified atom stereocenters. The molecular weight excluding hydrogens is 441 g/mol. The third kappa shape index (κ3) is 6.40. The molecule has 2 fully saturated rings. The van der Waals surface area contributed by atoms with Crippen LogP contribution in [0.15, 0.2) is 24.3 Å². The fraction of sp³-hybridized carbons (Fsp3) is 0.682. The Morgan fingerprint density at radius 2 is 1.68 bits per heavy atom. The number of carbonyl (C=O) groups excluding carboxylic acids is 1. The molecule has 176 valence electrons. The maximum atomic E-state index is 14.0. The Kier molecular flexibility index (Phi) is 9.73. The standard InChI is InChI=1S/C22H34FN3O3S.ClH/c1-2-17-30(28,29)26-15-13-25(14-16-26)22(11-7-3-4-8-12-22)18-24-21(27)19-9-5-6-10-20(19)23;/h5-6,9-10H,2-4,7-8,11-18H2,1H3,(H,24,27);1H. The van der Waals surface area contributed by atoms with E-state index in [9.17, 15) is 17.6 Å². The van der Waals surface area contributed by atoms with Crippen LogP contribution in [-0.2, 0) is 10.0 Å². The number of hydrogen-bond donors (Lipinski definition) is 1. The number of nitrogens with one attached hydrogen (secondary N) is 1. The molecule has 0 atom stereocenters. The van der Waals surface area contributed by atoms with Crippen LogP contribution in [-0.4, -0.2) is 67.5 Å². The molecule has 0 aromatic heterocycles. The van der Waals surface area contributed by atoms with Crippen molar-refractivity contribution in [3.05, 3.63) is 35.6 Å². The minimum atomic E-state index is -3.19. The fourth-order valence-electron chi connectivity index (χ4n) is 4.80. The molecule has 31 heavy (non-hydrogen) atoms. The van der Waals surface area contributed by atoms with Crippen molar-refractivity contribution < 1.29 is 17.6 Å². The molecular formula is C22H35ClFN3O3S. The number of benzene rings is 1. The molecule has 1 heterocycles. The lowest BCUT2D eigenvalue weighted by Crippen LogP contribution is -2.61. The topological polar surface area (TPSA) is 69.7 Å². The summed E-state index contributed by atoms with van der Waals surface area (Å²) in [6.07, 6.45) is 7.07. The lowest BCUT2D eigenvalue weighted by atomic mass is 9.87. The van der Waals surface area contributed by atoms with Crippen molar-refractivity contribution in [1.29, 1.82) is 0 Å². The number of sulfonamides is 1. The molecule has 1 saturated heterocycles. The third-order valence-electron chi connectivity index (χ3n) is 6.50. The number of halogens is 2. The van der Waals surface area contributed by atoms with Gasteiger partial charge in [0.1, 0.15) is 5.82 Å². The molecule has 9 heteroatoms. The summed E-state index contributed by atoms with van der Waals surface area (Å²) in [7, 11) is -3.19. The summed E-state index contributed by atoms with van der Waals surface area (Å²) < 4.78 is 40.5. The Balaban J connectivity index is 0.00000341. The molecule has 1 aromatic carbocycles. The monoisotopic (exact) mass is 475 g/mol. The van der Waals surface area contributed by atoms with Crippen LogP contribution in [0.25, 0.3) is 0 Å². The molecule has 1 N–H and O–H groups in total. The van der Waals surface area contributed by atoms with Crippen LogP contribution < -0.4 is 5.32 Å². The fourth-order valence-corrected chi connectivity index (χ4v) is 6.30. The van der Waals surface area contributed by atoms with E-state index in [0.717, 1.165) is 25.7 Å². The minimum Gasteiger partial charge on any atom is -0.350 e. The largest absolute Gasteiger partial charge is 0.350 e. The summed E-state index contributed by atoms with van der Waals surface area (Å²) >= 11 is 0. The molecule has 1 aliphatic heterocycles. The van der Waals surface area contributed by atoms with Gasteiger partial charge in [0.05, 0.1) is 11.3 Å². The van der Waals surface area contributed by atoms with Gasteiger partial charge in [-0.1, -0.05) is 44.7 Å². The molecule has 2 aliphatic rings. The zero-order valence-corrected chi connectivity index (χ0v) is 19.9. The van der Waals surface area contributed by atoms with Crippen LogP contribution in [0.1, 0.15) is 62.2 Å². The Labute approximate surface area is 192 Å². The van der Waals surface area contributed by atoms with Gasteiger partial charge in [0, 0.05) is 38.3 Å². The molecule has 1 amide bonds. The predicted octanol–water partition coefficient (Wildman–Crippen LogP) is 3.43. The summed E-state index contributed by atoms with van der Waals surface area (Å²) in [5, 5.41) is 2.98. The number of hydrogen-bond acceptors (Lipinski definition) is 4. The van der Waals surface area contributed by atoms with Crippen LogP contribution in [0.2, 0.25) is 0 Å². The second-order valence-electron chi connectivity index (χ2n) is 8.50. The lowest BCUT2D eigenvalue weighted by Gasteiger charge is -2.47. The highest BCUT2D eigenvalue weighted by atomic mass is 35.5. The number of rotatable bonds is 7. The SMILES string of the molecule is CCCS(=O)(=O)N1CCN(C2(CNC(=O)c3ccccc3F)CCCCCC2)CC1.Cl. The number of amides is 1. The summed E-state index contributed by atoms with van der Waals surface area (Å²) in [6.45, 7) is 4.65. The highest BCUT2D eigenvalue weighted by Gasteiger charge is 2.40. The molecule has 1 aliphatic carbocycles. The van der Waals surface area contributed by atoms with Crippen molar-refractivity contribution in [3.63, 3.8) is 0 Å². The first-order valence-electron chi connectivity index (χ1n) is 11.1. The zero-order chi connectivity index (χ0) is 21.6. The molecule has 3 rings (SSSR count). The Bertz CT molecular complexity index is 821. The van der Waals surface area contributed by atoms with E-state index in [1.165, 1.54) is 25.0 Å². The van der Waals surface area contributed by atoms with Crippen LogP contribution in [0.4, 0.5) is 4.39 Å². The van der Waals surface area contributed by atoms with Gasteiger partial charge in [-0.15, -0.1) is 12.4 Å². The molecule has 6 nitrogen and oxygen atoms in total. The number of nitrogens with zero attached hydrogens (tertiary/aromatic N) is 2.